The molecule has 2 bridgehead atoms. The molecular weight excluding hydrogens is 421 g/mol. The highest BCUT2D eigenvalue weighted by molar-refractivity contribution is 14.1. The molecule has 6 heteroatoms. The molecule has 3 saturated heterocycles. The van der Waals surface area contributed by atoms with Crippen LogP contribution in [-0.4, -0.2) is 64.2 Å². The maximum Gasteiger partial charge on any atom is 0.316 e. The first-order valence-electron chi connectivity index (χ1n) is 8.51. The Balaban J connectivity index is 1.44. The summed E-state index contributed by atoms with van der Waals surface area (Å²) >= 11 is 2.46. The van der Waals surface area contributed by atoms with Gasteiger partial charge >= 0.3 is 5.97 Å². The number of benzene rings is 1. The number of morpholine rings is 1. The van der Waals surface area contributed by atoms with Gasteiger partial charge in [-0.05, 0) is 28.2 Å². The first kappa shape index (κ1) is 16.8. The van der Waals surface area contributed by atoms with Crippen LogP contribution in [0, 0.1) is 0 Å². The van der Waals surface area contributed by atoms with Crippen molar-refractivity contribution in [2.75, 3.05) is 18.2 Å². The van der Waals surface area contributed by atoms with Crippen LogP contribution in [0.1, 0.15) is 24.3 Å². The Labute approximate surface area is 155 Å². The van der Waals surface area contributed by atoms with Gasteiger partial charge in [0.1, 0.15) is 40.9 Å². The number of likely N-dealkylation sites (N-methyl/N-ethyl adjacent to an activating group) is 1. The van der Waals surface area contributed by atoms with Gasteiger partial charge in [-0.2, -0.15) is 0 Å². The number of carbonyl (C=O) groups is 1. The van der Waals surface area contributed by atoms with Gasteiger partial charge in [0, 0.05) is 12.8 Å². The number of carbonyl (C=O) groups excluding carboxylic acids is 1. The molecule has 3 fully saturated rings. The van der Waals surface area contributed by atoms with Gasteiger partial charge in [0.25, 0.3) is 0 Å². The SMILES string of the molecule is C[N+]1(CI)C2CC(OC(=O)C(CO)c3ccccc3)CC1C1OC12. The van der Waals surface area contributed by atoms with Crippen molar-refractivity contribution in [3.8, 4) is 0 Å². The fourth-order valence-corrected chi connectivity index (χ4v) is 5.59. The van der Waals surface area contributed by atoms with E-state index >= 15 is 0 Å². The summed E-state index contributed by atoms with van der Waals surface area (Å²) in [6.07, 6.45) is 2.35. The van der Waals surface area contributed by atoms with Crippen LogP contribution < -0.4 is 0 Å². The van der Waals surface area contributed by atoms with Crippen molar-refractivity contribution in [1.29, 1.82) is 0 Å². The van der Waals surface area contributed by atoms with Crippen LogP contribution in [0.25, 0.3) is 0 Å². The van der Waals surface area contributed by atoms with Gasteiger partial charge in [-0.15, -0.1) is 0 Å². The molecule has 5 nitrogen and oxygen atoms in total. The Kier molecular flexibility index (Phi) is 4.35. The van der Waals surface area contributed by atoms with Gasteiger partial charge in [-0.1, -0.05) is 30.3 Å². The Bertz CT molecular complexity index is 607. The van der Waals surface area contributed by atoms with E-state index < -0.39 is 5.92 Å². The minimum atomic E-state index is -0.595. The van der Waals surface area contributed by atoms with E-state index in [1.54, 1.807) is 0 Å². The normalized spacial score (nSPS) is 40.7. The molecule has 24 heavy (non-hydrogen) atoms. The lowest BCUT2D eigenvalue weighted by Gasteiger charge is -2.47. The minimum absolute atomic E-state index is 0.0594. The maximum atomic E-state index is 12.6. The molecule has 5 atom stereocenters. The molecule has 3 aliphatic heterocycles. The van der Waals surface area contributed by atoms with E-state index in [0.717, 1.165) is 27.4 Å². The van der Waals surface area contributed by atoms with Crippen molar-refractivity contribution in [3.63, 3.8) is 0 Å². The third kappa shape index (κ3) is 2.58. The van der Waals surface area contributed by atoms with Crippen LogP contribution in [0.2, 0.25) is 0 Å². The highest BCUT2D eigenvalue weighted by atomic mass is 127. The number of ether oxygens (including phenoxy) is 2. The van der Waals surface area contributed by atoms with Crippen molar-refractivity contribution >= 4 is 28.6 Å². The average Bonchev–Trinajstić information content (AvgIpc) is 3.35. The zero-order valence-electron chi connectivity index (χ0n) is 13.7. The van der Waals surface area contributed by atoms with Crippen molar-refractivity contribution < 1.29 is 23.9 Å². The fraction of sp³-hybridized carbons (Fsp3) is 0.611. The number of hydrogen-bond donors (Lipinski definition) is 1. The lowest BCUT2D eigenvalue weighted by Crippen LogP contribution is -2.61. The highest BCUT2D eigenvalue weighted by Crippen LogP contribution is 2.53. The Morgan fingerprint density at radius 3 is 2.50 bits per heavy atom. The number of esters is 1. The maximum absolute atomic E-state index is 12.6. The molecule has 1 aromatic carbocycles. The molecule has 4 rings (SSSR count). The zero-order valence-corrected chi connectivity index (χ0v) is 15.8. The minimum Gasteiger partial charge on any atom is -0.461 e. The number of halogens is 1. The van der Waals surface area contributed by atoms with Crippen molar-refractivity contribution in [2.24, 2.45) is 0 Å². The number of quaternary nitrogens is 1. The van der Waals surface area contributed by atoms with E-state index in [0.29, 0.717) is 24.3 Å². The third-order valence-corrected chi connectivity index (χ3v) is 7.52. The predicted molar refractivity (Wildman–Crippen MR) is 96.7 cm³/mol. The molecule has 5 unspecified atom stereocenters. The number of fused-ring (bicyclic) bond motifs is 5. The summed E-state index contributed by atoms with van der Waals surface area (Å²) in [5.74, 6) is -0.907. The lowest BCUT2D eigenvalue weighted by molar-refractivity contribution is -0.941. The molecule has 0 radical (unpaired) electrons. The molecule has 0 aromatic heterocycles. The zero-order chi connectivity index (χ0) is 16.9. The molecular formula is C18H23INO4+. The summed E-state index contributed by atoms with van der Waals surface area (Å²) in [5.41, 5.74) is 0.808. The number of piperidine rings is 1. The summed E-state index contributed by atoms with van der Waals surface area (Å²) in [6.45, 7) is -0.224. The van der Waals surface area contributed by atoms with E-state index in [-0.39, 0.29) is 18.7 Å². The largest absolute Gasteiger partial charge is 0.461 e. The number of aliphatic hydroxyl groups excluding tert-OH is 1. The van der Waals surface area contributed by atoms with Gasteiger partial charge in [0.15, 0.2) is 0 Å². The smallest absolute Gasteiger partial charge is 0.316 e. The number of rotatable bonds is 5. The van der Waals surface area contributed by atoms with E-state index in [4.69, 9.17) is 9.47 Å². The van der Waals surface area contributed by atoms with Crippen molar-refractivity contribution in [2.45, 2.75) is 49.2 Å². The van der Waals surface area contributed by atoms with Crippen LogP contribution >= 0.6 is 22.6 Å². The number of alkyl halides is 1. The quantitative estimate of drug-likeness (QED) is 0.188. The second kappa shape index (κ2) is 6.23. The molecule has 0 saturated carbocycles. The van der Waals surface area contributed by atoms with Crippen LogP contribution in [0.3, 0.4) is 0 Å². The van der Waals surface area contributed by atoms with Gasteiger partial charge in [0.2, 0.25) is 0 Å². The van der Waals surface area contributed by atoms with E-state index in [1.807, 2.05) is 30.3 Å². The summed E-state index contributed by atoms with van der Waals surface area (Å²) in [6, 6.07) is 10.2. The van der Waals surface area contributed by atoms with Crippen LogP contribution in [0.4, 0.5) is 0 Å². The van der Waals surface area contributed by atoms with E-state index in [1.165, 1.54) is 0 Å². The number of hydrogen-bond acceptors (Lipinski definition) is 4. The van der Waals surface area contributed by atoms with Crippen LogP contribution in [-0.2, 0) is 14.3 Å². The molecule has 0 spiro atoms. The first-order valence-corrected chi connectivity index (χ1v) is 10.0. The lowest BCUT2D eigenvalue weighted by atomic mass is 9.95. The Morgan fingerprint density at radius 2 is 1.96 bits per heavy atom. The molecule has 130 valence electrons. The highest BCUT2D eigenvalue weighted by Gasteiger charge is 2.71. The second-order valence-corrected chi connectivity index (χ2v) is 8.02. The van der Waals surface area contributed by atoms with Gasteiger partial charge in [0.05, 0.1) is 13.7 Å². The van der Waals surface area contributed by atoms with E-state index in [9.17, 15) is 9.90 Å². The van der Waals surface area contributed by atoms with E-state index in [2.05, 4.69) is 29.6 Å². The van der Waals surface area contributed by atoms with Gasteiger partial charge in [-0.3, -0.25) is 4.79 Å². The third-order valence-electron chi connectivity index (χ3n) is 6.05. The van der Waals surface area contributed by atoms with Gasteiger partial charge < -0.3 is 19.1 Å². The molecule has 0 aliphatic carbocycles. The monoisotopic (exact) mass is 444 g/mol. The average molecular weight is 444 g/mol. The van der Waals surface area contributed by atoms with Crippen LogP contribution in [0.5, 0.6) is 0 Å². The molecule has 3 heterocycles. The number of nitrogens with zero attached hydrogens (tertiary/aromatic N) is 1. The molecule has 0 amide bonds. The van der Waals surface area contributed by atoms with Crippen molar-refractivity contribution in [3.05, 3.63) is 35.9 Å². The molecule has 1 N–H and O–H groups in total. The fourth-order valence-electron chi connectivity index (χ4n) is 4.58. The molecule has 3 aliphatic rings. The van der Waals surface area contributed by atoms with Crippen molar-refractivity contribution in [1.82, 2.24) is 0 Å². The summed E-state index contributed by atoms with van der Waals surface area (Å²) in [4.78, 5) is 12.6. The summed E-state index contributed by atoms with van der Waals surface area (Å²) in [7, 11) is 2.30. The van der Waals surface area contributed by atoms with Crippen LogP contribution in [0.15, 0.2) is 30.3 Å². The number of epoxide rings is 1. The Hall–Kier alpha value is -0.700. The Morgan fingerprint density at radius 1 is 1.33 bits per heavy atom. The second-order valence-electron chi connectivity index (χ2n) is 7.34. The number of aliphatic hydroxyl groups is 1. The predicted octanol–water partition coefficient (Wildman–Crippen LogP) is 1.83. The summed E-state index contributed by atoms with van der Waals surface area (Å²) < 4.78 is 13.7. The first-order chi connectivity index (χ1) is 11.6. The topological polar surface area (TPSA) is 59.1 Å². The standard InChI is InChI=1S/C18H23INO4/c1-20(10-19)14-7-12(8-15(20)17-16(14)24-17)23-18(22)13(9-21)11-5-3-2-4-6-11/h2-6,12-17,21H,7-10H2,1H3/q+1. The molecule has 1 aromatic rings. The van der Waals surface area contributed by atoms with Gasteiger partial charge in [-0.25, -0.2) is 0 Å². The summed E-state index contributed by atoms with van der Waals surface area (Å²) in [5, 5.41) is 9.64.